The van der Waals surface area contributed by atoms with Gasteiger partial charge >= 0.3 is 11.8 Å². The van der Waals surface area contributed by atoms with Crippen LogP contribution in [0.1, 0.15) is 6.42 Å². The van der Waals surface area contributed by atoms with Crippen LogP contribution in [0.2, 0.25) is 5.02 Å². The highest BCUT2D eigenvalue weighted by Crippen LogP contribution is 2.30. The van der Waals surface area contributed by atoms with Crippen LogP contribution in [0, 0.1) is 0 Å². The van der Waals surface area contributed by atoms with Gasteiger partial charge in [0.15, 0.2) is 0 Å². The van der Waals surface area contributed by atoms with E-state index < -0.39 is 17.4 Å². The zero-order valence-corrected chi connectivity index (χ0v) is 14.6. The third-order valence-electron chi connectivity index (χ3n) is 3.69. The molecule has 1 saturated heterocycles. The predicted octanol–water partition coefficient (Wildman–Crippen LogP) is 1.93. The lowest BCUT2D eigenvalue weighted by molar-refractivity contribution is -0.136. The van der Waals surface area contributed by atoms with E-state index in [0.717, 1.165) is 17.9 Å². The van der Waals surface area contributed by atoms with E-state index in [2.05, 4.69) is 10.6 Å². The Hall–Kier alpha value is -1.44. The number of hydrogen-bond acceptors (Lipinski definition) is 5. The number of nitrogens with one attached hydrogen (secondary N) is 2. The summed E-state index contributed by atoms with van der Waals surface area (Å²) >= 11 is 7.66. The highest BCUT2D eigenvalue weighted by atomic mass is 35.5. The Bertz CT molecular complexity index is 591. The molecule has 1 fully saturated rings. The number of carbonyl (C=O) groups excluding carboxylic acids is 2. The second kappa shape index (κ2) is 7.90. The maximum absolute atomic E-state index is 12.0. The van der Waals surface area contributed by atoms with Crippen molar-refractivity contribution in [3.63, 3.8) is 0 Å². The summed E-state index contributed by atoms with van der Waals surface area (Å²) < 4.78 is 10.6. The van der Waals surface area contributed by atoms with Crippen molar-refractivity contribution in [1.29, 1.82) is 0 Å². The fourth-order valence-electron chi connectivity index (χ4n) is 2.24. The van der Waals surface area contributed by atoms with Crippen LogP contribution >= 0.6 is 23.4 Å². The van der Waals surface area contributed by atoms with Crippen LogP contribution in [0.25, 0.3) is 0 Å². The topological polar surface area (TPSA) is 76.7 Å². The van der Waals surface area contributed by atoms with Gasteiger partial charge in [-0.25, -0.2) is 0 Å². The minimum absolute atomic E-state index is 0.301. The molecule has 1 aromatic carbocycles. The first kappa shape index (κ1) is 17.9. The van der Waals surface area contributed by atoms with Crippen molar-refractivity contribution in [1.82, 2.24) is 5.32 Å². The summed E-state index contributed by atoms with van der Waals surface area (Å²) in [6, 6.07) is 4.78. The third kappa shape index (κ3) is 4.53. The Balaban J connectivity index is 1.95. The van der Waals surface area contributed by atoms with Crippen LogP contribution in [-0.4, -0.2) is 49.7 Å². The lowest BCUT2D eigenvalue weighted by Crippen LogP contribution is -2.47. The fourth-order valence-corrected chi connectivity index (χ4v) is 3.81. The minimum atomic E-state index is -0.775. The van der Waals surface area contributed by atoms with Crippen LogP contribution in [0.3, 0.4) is 0 Å². The SMILES string of the molecule is COc1ccc(Cl)cc1NC(=O)C(=O)NCC1(OC)CCSC1. The standard InChI is InChI=1S/C15H19ClN2O4S/c1-21-12-4-3-10(16)7-11(12)18-14(20)13(19)17-8-15(22-2)5-6-23-9-15/h3-4,7H,5-6,8-9H2,1-2H3,(H,17,19)(H,18,20). The molecule has 0 aliphatic carbocycles. The van der Waals surface area contributed by atoms with Gasteiger partial charge < -0.3 is 20.1 Å². The number of rotatable bonds is 5. The lowest BCUT2D eigenvalue weighted by Gasteiger charge is -2.26. The first-order valence-corrected chi connectivity index (χ1v) is 8.58. The van der Waals surface area contributed by atoms with E-state index in [-0.39, 0.29) is 0 Å². The van der Waals surface area contributed by atoms with E-state index >= 15 is 0 Å². The van der Waals surface area contributed by atoms with Crippen molar-refractivity contribution in [2.45, 2.75) is 12.0 Å². The van der Waals surface area contributed by atoms with Crippen molar-refractivity contribution >= 4 is 40.9 Å². The number of thioether (sulfide) groups is 1. The largest absolute Gasteiger partial charge is 0.495 e. The van der Waals surface area contributed by atoms with Crippen LogP contribution < -0.4 is 15.4 Å². The van der Waals surface area contributed by atoms with Gasteiger partial charge in [-0.1, -0.05) is 11.6 Å². The summed E-state index contributed by atoms with van der Waals surface area (Å²) in [5, 5.41) is 5.56. The van der Waals surface area contributed by atoms with Crippen molar-refractivity contribution < 1.29 is 19.1 Å². The quantitative estimate of drug-likeness (QED) is 0.786. The van der Waals surface area contributed by atoms with Gasteiger partial charge in [-0.3, -0.25) is 9.59 Å². The predicted molar refractivity (Wildman–Crippen MR) is 91.3 cm³/mol. The Labute approximate surface area is 144 Å². The smallest absolute Gasteiger partial charge is 0.313 e. The first-order chi connectivity index (χ1) is 11.0. The van der Waals surface area contributed by atoms with E-state index in [9.17, 15) is 9.59 Å². The summed E-state index contributed by atoms with van der Waals surface area (Å²) in [4.78, 5) is 24.0. The molecule has 1 aliphatic rings. The van der Waals surface area contributed by atoms with Gasteiger partial charge in [-0.2, -0.15) is 11.8 Å². The van der Waals surface area contributed by atoms with Crippen LogP contribution in [0.5, 0.6) is 5.75 Å². The van der Waals surface area contributed by atoms with E-state index in [4.69, 9.17) is 21.1 Å². The highest BCUT2D eigenvalue weighted by Gasteiger charge is 2.35. The van der Waals surface area contributed by atoms with Gasteiger partial charge in [0.25, 0.3) is 0 Å². The lowest BCUT2D eigenvalue weighted by atomic mass is 10.0. The van der Waals surface area contributed by atoms with Crippen LogP contribution in [0.15, 0.2) is 18.2 Å². The zero-order valence-electron chi connectivity index (χ0n) is 13.0. The molecule has 0 spiro atoms. The molecule has 0 radical (unpaired) electrons. The monoisotopic (exact) mass is 358 g/mol. The summed E-state index contributed by atoms with van der Waals surface area (Å²) in [7, 11) is 3.09. The number of halogens is 1. The Morgan fingerprint density at radius 2 is 2.13 bits per heavy atom. The van der Waals surface area contributed by atoms with Crippen molar-refractivity contribution in [2.75, 3.05) is 37.6 Å². The fraction of sp³-hybridized carbons (Fsp3) is 0.467. The minimum Gasteiger partial charge on any atom is -0.495 e. The highest BCUT2D eigenvalue weighted by molar-refractivity contribution is 7.99. The average Bonchev–Trinajstić information content (AvgIpc) is 3.02. The Kier molecular flexibility index (Phi) is 6.15. The Morgan fingerprint density at radius 3 is 2.74 bits per heavy atom. The molecule has 1 atom stereocenters. The number of hydrogen-bond donors (Lipinski definition) is 2. The molecule has 1 unspecified atom stereocenters. The van der Waals surface area contributed by atoms with Crippen LogP contribution in [0.4, 0.5) is 5.69 Å². The van der Waals surface area contributed by atoms with Gasteiger partial charge in [0, 0.05) is 24.4 Å². The summed E-state index contributed by atoms with van der Waals surface area (Å²) in [6.45, 7) is 0.301. The third-order valence-corrected chi connectivity index (χ3v) is 5.15. The molecular weight excluding hydrogens is 340 g/mol. The van der Waals surface area contributed by atoms with Gasteiger partial charge in [-0.15, -0.1) is 0 Å². The van der Waals surface area contributed by atoms with Crippen molar-refractivity contribution in [2.24, 2.45) is 0 Å². The van der Waals surface area contributed by atoms with E-state index in [1.807, 2.05) is 0 Å². The molecule has 0 aromatic heterocycles. The Morgan fingerprint density at radius 1 is 1.35 bits per heavy atom. The number of benzene rings is 1. The molecule has 0 bridgehead atoms. The molecule has 6 nitrogen and oxygen atoms in total. The van der Waals surface area contributed by atoms with E-state index in [0.29, 0.717) is 23.0 Å². The molecule has 2 N–H and O–H groups in total. The maximum Gasteiger partial charge on any atom is 0.313 e. The van der Waals surface area contributed by atoms with Gasteiger partial charge in [0.1, 0.15) is 5.75 Å². The van der Waals surface area contributed by atoms with Crippen LogP contribution in [-0.2, 0) is 14.3 Å². The maximum atomic E-state index is 12.0. The summed E-state index contributed by atoms with van der Waals surface area (Å²) in [5.74, 6) is 0.710. The average molecular weight is 359 g/mol. The molecule has 1 heterocycles. The zero-order chi connectivity index (χ0) is 16.9. The molecule has 8 heteroatoms. The summed E-state index contributed by atoms with van der Waals surface area (Å²) in [5.41, 5.74) is -0.0491. The van der Waals surface area contributed by atoms with Gasteiger partial charge in [-0.05, 0) is 30.4 Å². The van der Waals surface area contributed by atoms with Gasteiger partial charge in [0.2, 0.25) is 0 Å². The number of carbonyl (C=O) groups is 2. The number of ether oxygens (including phenoxy) is 2. The number of anilines is 1. The second-order valence-corrected chi connectivity index (χ2v) is 6.71. The molecule has 2 amide bonds. The molecule has 126 valence electrons. The van der Waals surface area contributed by atoms with E-state index in [1.165, 1.54) is 13.2 Å². The van der Waals surface area contributed by atoms with Gasteiger partial charge in [0.05, 0.1) is 18.4 Å². The molecule has 1 aromatic rings. The molecule has 0 saturated carbocycles. The second-order valence-electron chi connectivity index (χ2n) is 5.17. The van der Waals surface area contributed by atoms with Crippen molar-refractivity contribution in [3.8, 4) is 5.75 Å². The number of amides is 2. The molecular formula is C15H19ClN2O4S. The molecule has 23 heavy (non-hydrogen) atoms. The summed E-state index contributed by atoms with van der Waals surface area (Å²) in [6.07, 6.45) is 0.845. The van der Waals surface area contributed by atoms with E-state index in [1.54, 1.807) is 31.0 Å². The first-order valence-electron chi connectivity index (χ1n) is 7.05. The number of methoxy groups -OCH3 is 2. The molecule has 1 aliphatic heterocycles. The van der Waals surface area contributed by atoms with Crippen molar-refractivity contribution in [3.05, 3.63) is 23.2 Å². The molecule has 2 rings (SSSR count). The normalized spacial score (nSPS) is 20.1.